The molecule has 10 heteroatoms. The Balaban J connectivity index is 1.65. The van der Waals surface area contributed by atoms with E-state index in [1.54, 1.807) is 35.1 Å². The first kappa shape index (κ1) is 21.4. The molecule has 1 amide bonds. The third-order valence-corrected chi connectivity index (χ3v) is 5.21. The fourth-order valence-corrected chi connectivity index (χ4v) is 3.48. The molecule has 0 fully saturated rings. The average Bonchev–Trinajstić information content (AvgIpc) is 3.09. The minimum Gasteiger partial charge on any atom is -0.355 e. The van der Waals surface area contributed by atoms with Crippen molar-refractivity contribution in [3.05, 3.63) is 65.2 Å². The van der Waals surface area contributed by atoms with Crippen molar-refractivity contribution in [2.24, 2.45) is 7.05 Å². The fraction of sp³-hybridized carbons (Fsp3) is 0.227. The van der Waals surface area contributed by atoms with E-state index in [9.17, 15) is 22.8 Å². The van der Waals surface area contributed by atoms with Crippen LogP contribution in [0, 0.1) is 0 Å². The molecular weight excluding hydrogens is 423 g/mol. The molecule has 0 unspecified atom stereocenters. The zero-order valence-corrected chi connectivity index (χ0v) is 17.3. The summed E-state index contributed by atoms with van der Waals surface area (Å²) in [5.41, 5.74) is 1.73. The second-order valence-electron chi connectivity index (χ2n) is 7.52. The predicted molar refractivity (Wildman–Crippen MR) is 116 cm³/mol. The van der Waals surface area contributed by atoms with Gasteiger partial charge < -0.3 is 15.2 Å². The van der Waals surface area contributed by atoms with Crippen LogP contribution in [0.4, 0.5) is 24.5 Å². The van der Waals surface area contributed by atoms with Crippen LogP contribution < -0.4 is 16.2 Å². The lowest BCUT2D eigenvalue weighted by Gasteiger charge is -2.17. The van der Waals surface area contributed by atoms with E-state index in [2.05, 4.69) is 10.4 Å². The van der Waals surface area contributed by atoms with E-state index >= 15 is 0 Å². The fourth-order valence-electron chi connectivity index (χ4n) is 3.48. The second-order valence-corrected chi connectivity index (χ2v) is 7.52. The Kier molecular flexibility index (Phi) is 5.37. The normalized spacial score (nSPS) is 12.8. The van der Waals surface area contributed by atoms with E-state index in [4.69, 9.17) is 0 Å². The van der Waals surface area contributed by atoms with Crippen molar-refractivity contribution in [1.29, 1.82) is 0 Å². The molecule has 0 radical (unpaired) electrons. The van der Waals surface area contributed by atoms with Crippen molar-refractivity contribution in [2.45, 2.75) is 25.7 Å². The second kappa shape index (κ2) is 8.03. The van der Waals surface area contributed by atoms with Gasteiger partial charge in [-0.25, -0.2) is 0 Å². The number of fused-ring (bicyclic) bond motifs is 2. The molecule has 0 bridgehead atoms. The van der Waals surface area contributed by atoms with Crippen LogP contribution >= 0.6 is 0 Å². The Morgan fingerprint density at radius 3 is 2.69 bits per heavy atom. The Morgan fingerprint density at radius 1 is 1.16 bits per heavy atom. The van der Waals surface area contributed by atoms with Gasteiger partial charge in [0.1, 0.15) is 12.6 Å². The molecule has 4 aromatic rings. The van der Waals surface area contributed by atoms with Crippen LogP contribution in [-0.4, -0.2) is 32.5 Å². The summed E-state index contributed by atoms with van der Waals surface area (Å²) in [6.07, 6.45) is -1.43. The largest absolute Gasteiger partial charge is 0.408 e. The molecule has 2 heterocycles. The summed E-state index contributed by atoms with van der Waals surface area (Å²) >= 11 is 0. The van der Waals surface area contributed by atoms with E-state index < -0.39 is 30.2 Å². The van der Waals surface area contributed by atoms with Crippen LogP contribution in [0.15, 0.2) is 59.7 Å². The van der Waals surface area contributed by atoms with Crippen LogP contribution in [0.2, 0.25) is 0 Å². The van der Waals surface area contributed by atoms with Crippen LogP contribution in [0.5, 0.6) is 0 Å². The number of rotatable bonds is 5. The molecule has 2 aromatic carbocycles. The molecule has 0 aliphatic heterocycles. The molecule has 0 aliphatic rings. The smallest absolute Gasteiger partial charge is 0.355 e. The molecule has 4 rings (SSSR count). The summed E-state index contributed by atoms with van der Waals surface area (Å²) in [5, 5.41) is 11.2. The van der Waals surface area contributed by atoms with E-state index in [1.165, 1.54) is 6.20 Å². The van der Waals surface area contributed by atoms with Gasteiger partial charge in [0, 0.05) is 24.3 Å². The molecule has 0 saturated heterocycles. The van der Waals surface area contributed by atoms with Crippen molar-refractivity contribution in [3.63, 3.8) is 0 Å². The lowest BCUT2D eigenvalue weighted by atomic mass is 10.1. The van der Waals surface area contributed by atoms with Crippen LogP contribution in [-0.2, 0) is 18.4 Å². The van der Waals surface area contributed by atoms with E-state index in [0.29, 0.717) is 16.5 Å². The van der Waals surface area contributed by atoms with Gasteiger partial charge in [0.2, 0.25) is 5.91 Å². The number of aromatic nitrogens is 3. The van der Waals surface area contributed by atoms with Crippen molar-refractivity contribution in [2.75, 3.05) is 5.32 Å². The van der Waals surface area contributed by atoms with E-state index in [-0.39, 0.29) is 0 Å². The van der Waals surface area contributed by atoms with Gasteiger partial charge in [0.15, 0.2) is 0 Å². The molecule has 2 N–H and O–H groups in total. The maximum Gasteiger partial charge on any atom is 0.408 e. The molecule has 0 saturated carbocycles. The van der Waals surface area contributed by atoms with Gasteiger partial charge in [-0.15, -0.1) is 0 Å². The topological polar surface area (TPSA) is 81.0 Å². The minimum absolute atomic E-state index is 0.331. The predicted octanol–water partition coefficient (Wildman–Crippen LogP) is 3.70. The lowest BCUT2D eigenvalue weighted by Crippen LogP contribution is -2.45. The maximum atomic E-state index is 13.1. The zero-order chi connectivity index (χ0) is 23.0. The lowest BCUT2D eigenvalue weighted by molar-refractivity contribution is -0.158. The van der Waals surface area contributed by atoms with Gasteiger partial charge in [-0.1, -0.05) is 12.1 Å². The number of anilines is 2. The number of aryl methyl sites for hydroxylation is 1. The Morgan fingerprint density at radius 2 is 1.94 bits per heavy atom. The summed E-state index contributed by atoms with van der Waals surface area (Å²) < 4.78 is 40.9. The Labute approximate surface area is 180 Å². The molecule has 166 valence electrons. The molecule has 32 heavy (non-hydrogen) atoms. The molecule has 0 aliphatic carbocycles. The molecule has 2 aromatic heterocycles. The number of carbonyl (C=O) groups is 1. The average molecular weight is 443 g/mol. The first-order valence-corrected chi connectivity index (χ1v) is 9.80. The third-order valence-electron chi connectivity index (χ3n) is 5.21. The molecular formula is C22H20F3N5O2. The molecule has 1 atom stereocenters. The standard InChI is InChI=1S/C22H20F3N5O2/c1-13(22(23,24)25)27-19(31)12-30-9-8-14-4-3-5-17(20(14)21(30)32)28-16-6-7-18-15(10-16)11-26-29(18)2/h3-11,13,28H,12H2,1-2H3,(H,27,31)/t13-/m1/s1. The summed E-state index contributed by atoms with van der Waals surface area (Å²) in [6, 6.07) is 10.6. The number of carbonyl (C=O) groups excluding carboxylic acids is 1. The molecule has 7 nitrogen and oxygen atoms in total. The van der Waals surface area contributed by atoms with Gasteiger partial charge in [0.05, 0.1) is 22.8 Å². The quantitative estimate of drug-likeness (QED) is 0.493. The van der Waals surface area contributed by atoms with Crippen LogP contribution in [0.25, 0.3) is 21.7 Å². The van der Waals surface area contributed by atoms with E-state index in [0.717, 1.165) is 28.1 Å². The molecule has 0 spiro atoms. The summed E-state index contributed by atoms with van der Waals surface area (Å²) in [5.74, 6) is -0.899. The van der Waals surface area contributed by atoms with Gasteiger partial charge in [0.25, 0.3) is 5.56 Å². The van der Waals surface area contributed by atoms with E-state index in [1.807, 2.05) is 30.6 Å². The Hall–Kier alpha value is -3.82. The third kappa shape index (κ3) is 4.16. The van der Waals surface area contributed by atoms with Crippen molar-refractivity contribution >= 4 is 39.0 Å². The highest BCUT2D eigenvalue weighted by molar-refractivity contribution is 5.95. The van der Waals surface area contributed by atoms with Crippen molar-refractivity contribution in [1.82, 2.24) is 19.7 Å². The van der Waals surface area contributed by atoms with Crippen molar-refractivity contribution in [3.8, 4) is 0 Å². The van der Waals surface area contributed by atoms with Gasteiger partial charge in [-0.05, 0) is 42.6 Å². The maximum absolute atomic E-state index is 13.1. The number of pyridine rings is 1. The summed E-state index contributed by atoms with van der Waals surface area (Å²) in [7, 11) is 1.84. The Bertz CT molecular complexity index is 1370. The van der Waals surface area contributed by atoms with Crippen molar-refractivity contribution < 1.29 is 18.0 Å². The first-order valence-electron chi connectivity index (χ1n) is 9.80. The number of benzene rings is 2. The SMILES string of the molecule is C[C@@H](NC(=O)Cn1ccc2cccc(Nc3ccc4c(cnn4C)c3)c2c1=O)C(F)(F)F. The van der Waals surface area contributed by atoms with Gasteiger partial charge in [-0.2, -0.15) is 18.3 Å². The number of amides is 1. The highest BCUT2D eigenvalue weighted by Crippen LogP contribution is 2.26. The monoisotopic (exact) mass is 443 g/mol. The first-order chi connectivity index (χ1) is 15.1. The minimum atomic E-state index is -4.56. The number of nitrogens with one attached hydrogen (secondary N) is 2. The summed E-state index contributed by atoms with van der Waals surface area (Å²) in [6.45, 7) is 0.327. The van der Waals surface area contributed by atoms with Gasteiger partial charge in [-0.3, -0.25) is 14.3 Å². The number of hydrogen-bond acceptors (Lipinski definition) is 4. The van der Waals surface area contributed by atoms with Gasteiger partial charge >= 0.3 is 6.18 Å². The number of hydrogen-bond donors (Lipinski definition) is 2. The summed E-state index contributed by atoms with van der Waals surface area (Å²) in [4.78, 5) is 25.1. The van der Waals surface area contributed by atoms with Crippen LogP contribution in [0.3, 0.4) is 0 Å². The van der Waals surface area contributed by atoms with Crippen LogP contribution in [0.1, 0.15) is 6.92 Å². The highest BCUT2D eigenvalue weighted by Gasteiger charge is 2.36. The number of nitrogens with zero attached hydrogens (tertiary/aromatic N) is 3. The highest BCUT2D eigenvalue weighted by atomic mass is 19.4. The number of alkyl halides is 3. The zero-order valence-electron chi connectivity index (χ0n) is 17.3. The number of halogens is 3.